The Morgan fingerprint density at radius 1 is 1.77 bits per heavy atom. The molecular weight excluding hydrogens is 182 g/mol. The highest BCUT2D eigenvalue weighted by Crippen LogP contribution is 2.25. The van der Waals surface area contributed by atoms with Crippen molar-refractivity contribution in [1.82, 2.24) is 4.90 Å². The molecule has 0 spiro atoms. The third-order valence-corrected chi connectivity index (χ3v) is 3.16. The van der Waals surface area contributed by atoms with Gasteiger partial charge in [0.25, 0.3) is 0 Å². The number of likely N-dealkylation sites (tertiary alicyclic amines) is 1. The van der Waals surface area contributed by atoms with Crippen molar-refractivity contribution in [2.75, 3.05) is 18.6 Å². The van der Waals surface area contributed by atoms with Gasteiger partial charge >= 0.3 is 0 Å². The Morgan fingerprint density at radius 3 is 3.00 bits per heavy atom. The van der Waals surface area contributed by atoms with Crippen LogP contribution in [0.3, 0.4) is 0 Å². The van der Waals surface area contributed by atoms with Crippen molar-refractivity contribution >= 4 is 17.7 Å². The van der Waals surface area contributed by atoms with E-state index in [-0.39, 0.29) is 5.91 Å². The Balaban J connectivity index is 2.59. The van der Waals surface area contributed by atoms with Crippen molar-refractivity contribution in [2.24, 2.45) is 5.92 Å². The standard InChI is InChI=1S/C10H17NOS/c1-4-10(12)11-6-8(2)5-9(11)7-13-3/h4,8-9H,1,5-7H2,2-3H3/t8-,9+/m0/s1. The van der Waals surface area contributed by atoms with Gasteiger partial charge in [0, 0.05) is 18.3 Å². The molecule has 1 rings (SSSR count). The summed E-state index contributed by atoms with van der Waals surface area (Å²) < 4.78 is 0. The van der Waals surface area contributed by atoms with Crippen LogP contribution in [0.1, 0.15) is 13.3 Å². The van der Waals surface area contributed by atoms with E-state index in [0.717, 1.165) is 18.7 Å². The molecule has 0 aromatic rings. The number of hydrogen-bond acceptors (Lipinski definition) is 2. The number of thioether (sulfide) groups is 1. The predicted octanol–water partition coefficient (Wildman–Crippen LogP) is 1.77. The van der Waals surface area contributed by atoms with Gasteiger partial charge in [-0.15, -0.1) is 0 Å². The second kappa shape index (κ2) is 4.70. The Labute approximate surface area is 84.4 Å². The van der Waals surface area contributed by atoms with Gasteiger partial charge in [-0.05, 0) is 24.7 Å². The summed E-state index contributed by atoms with van der Waals surface area (Å²) in [5.41, 5.74) is 0. The van der Waals surface area contributed by atoms with Gasteiger partial charge in [0.15, 0.2) is 0 Å². The van der Waals surface area contributed by atoms with Crippen LogP contribution >= 0.6 is 11.8 Å². The monoisotopic (exact) mass is 199 g/mol. The number of carbonyl (C=O) groups excluding carboxylic acids is 1. The van der Waals surface area contributed by atoms with Crippen molar-refractivity contribution in [1.29, 1.82) is 0 Å². The molecular formula is C10H17NOS. The molecule has 1 aliphatic rings. The van der Waals surface area contributed by atoms with Crippen LogP contribution in [0.4, 0.5) is 0 Å². The second-order valence-electron chi connectivity index (χ2n) is 3.64. The minimum atomic E-state index is 0.0865. The maximum atomic E-state index is 11.4. The molecule has 0 bridgehead atoms. The van der Waals surface area contributed by atoms with Crippen LogP contribution in [0.15, 0.2) is 12.7 Å². The van der Waals surface area contributed by atoms with E-state index in [4.69, 9.17) is 0 Å². The minimum absolute atomic E-state index is 0.0865. The zero-order valence-corrected chi connectivity index (χ0v) is 9.14. The van der Waals surface area contributed by atoms with E-state index < -0.39 is 0 Å². The highest BCUT2D eigenvalue weighted by atomic mass is 32.2. The summed E-state index contributed by atoms with van der Waals surface area (Å²) in [6.07, 6.45) is 4.64. The molecule has 0 aromatic carbocycles. The van der Waals surface area contributed by atoms with Crippen LogP contribution in [-0.2, 0) is 4.79 Å². The highest BCUT2D eigenvalue weighted by molar-refractivity contribution is 7.98. The lowest BCUT2D eigenvalue weighted by atomic mass is 10.1. The van der Waals surface area contributed by atoms with Gasteiger partial charge in [0.1, 0.15) is 0 Å². The fourth-order valence-corrected chi connectivity index (χ4v) is 2.59. The van der Waals surface area contributed by atoms with Gasteiger partial charge in [0.05, 0.1) is 0 Å². The third kappa shape index (κ3) is 2.50. The lowest BCUT2D eigenvalue weighted by molar-refractivity contribution is -0.126. The Hall–Kier alpha value is -0.440. The molecule has 1 heterocycles. The van der Waals surface area contributed by atoms with Gasteiger partial charge < -0.3 is 4.90 Å². The molecule has 3 heteroatoms. The first-order chi connectivity index (χ1) is 6.19. The van der Waals surface area contributed by atoms with Gasteiger partial charge in [-0.2, -0.15) is 11.8 Å². The maximum Gasteiger partial charge on any atom is 0.246 e. The largest absolute Gasteiger partial charge is 0.335 e. The van der Waals surface area contributed by atoms with Crippen LogP contribution in [0, 0.1) is 5.92 Å². The molecule has 1 saturated heterocycles. The van der Waals surface area contributed by atoms with Crippen LogP contribution in [-0.4, -0.2) is 35.4 Å². The minimum Gasteiger partial charge on any atom is -0.335 e. The zero-order valence-electron chi connectivity index (χ0n) is 8.32. The highest BCUT2D eigenvalue weighted by Gasteiger charge is 2.31. The molecule has 2 nitrogen and oxygen atoms in total. The first kappa shape index (κ1) is 10.6. The number of hydrogen-bond donors (Lipinski definition) is 0. The van der Waals surface area contributed by atoms with Crippen molar-refractivity contribution in [3.63, 3.8) is 0 Å². The molecule has 2 atom stereocenters. The summed E-state index contributed by atoms with van der Waals surface area (Å²) >= 11 is 1.80. The SMILES string of the molecule is C=CC(=O)N1C[C@@H](C)C[C@@H]1CSC. The number of nitrogens with zero attached hydrogens (tertiary/aromatic N) is 1. The van der Waals surface area contributed by atoms with E-state index in [0.29, 0.717) is 12.0 Å². The number of amides is 1. The summed E-state index contributed by atoms with van der Waals surface area (Å²) in [6, 6.07) is 0.426. The van der Waals surface area contributed by atoms with Crippen molar-refractivity contribution in [3.05, 3.63) is 12.7 Å². The van der Waals surface area contributed by atoms with E-state index in [1.54, 1.807) is 11.8 Å². The fraction of sp³-hybridized carbons (Fsp3) is 0.700. The first-order valence-electron chi connectivity index (χ1n) is 4.61. The first-order valence-corrected chi connectivity index (χ1v) is 6.00. The molecule has 0 radical (unpaired) electrons. The molecule has 0 unspecified atom stereocenters. The smallest absolute Gasteiger partial charge is 0.246 e. The fourth-order valence-electron chi connectivity index (χ4n) is 1.89. The summed E-state index contributed by atoms with van der Waals surface area (Å²) in [7, 11) is 0. The molecule has 13 heavy (non-hydrogen) atoms. The van der Waals surface area contributed by atoms with Crippen molar-refractivity contribution in [3.8, 4) is 0 Å². The molecule has 0 N–H and O–H groups in total. The summed E-state index contributed by atoms with van der Waals surface area (Å²) in [6.45, 7) is 6.62. The van der Waals surface area contributed by atoms with Crippen molar-refractivity contribution < 1.29 is 4.79 Å². The maximum absolute atomic E-state index is 11.4. The Morgan fingerprint density at radius 2 is 2.46 bits per heavy atom. The van der Waals surface area contributed by atoms with Crippen molar-refractivity contribution in [2.45, 2.75) is 19.4 Å². The van der Waals surface area contributed by atoms with E-state index in [1.165, 1.54) is 6.08 Å². The van der Waals surface area contributed by atoms with Crippen LogP contribution < -0.4 is 0 Å². The van der Waals surface area contributed by atoms with Gasteiger partial charge in [-0.3, -0.25) is 4.79 Å². The number of rotatable bonds is 3. The average molecular weight is 199 g/mol. The van der Waals surface area contributed by atoms with Gasteiger partial charge in [0.2, 0.25) is 5.91 Å². The molecule has 1 aliphatic heterocycles. The molecule has 0 saturated carbocycles. The van der Waals surface area contributed by atoms with E-state index in [2.05, 4.69) is 19.8 Å². The zero-order chi connectivity index (χ0) is 9.84. The Bertz CT molecular complexity index is 205. The lowest BCUT2D eigenvalue weighted by Gasteiger charge is -2.22. The summed E-state index contributed by atoms with van der Waals surface area (Å²) in [5.74, 6) is 1.77. The quantitative estimate of drug-likeness (QED) is 0.646. The topological polar surface area (TPSA) is 20.3 Å². The van der Waals surface area contributed by atoms with Crippen LogP contribution in [0.25, 0.3) is 0 Å². The van der Waals surface area contributed by atoms with E-state index in [9.17, 15) is 4.79 Å². The Kier molecular flexibility index (Phi) is 3.85. The molecule has 1 amide bonds. The van der Waals surface area contributed by atoms with Gasteiger partial charge in [-0.25, -0.2) is 0 Å². The second-order valence-corrected chi connectivity index (χ2v) is 4.56. The normalized spacial score (nSPS) is 27.7. The number of carbonyl (C=O) groups is 1. The average Bonchev–Trinajstić information content (AvgIpc) is 2.46. The summed E-state index contributed by atoms with van der Waals surface area (Å²) in [4.78, 5) is 13.4. The van der Waals surface area contributed by atoms with E-state index >= 15 is 0 Å². The molecule has 1 fully saturated rings. The van der Waals surface area contributed by atoms with Crippen LogP contribution in [0.5, 0.6) is 0 Å². The molecule has 0 aliphatic carbocycles. The van der Waals surface area contributed by atoms with E-state index in [1.807, 2.05) is 4.90 Å². The third-order valence-electron chi connectivity index (χ3n) is 2.44. The molecule has 74 valence electrons. The van der Waals surface area contributed by atoms with Crippen LogP contribution in [0.2, 0.25) is 0 Å². The summed E-state index contributed by atoms with van der Waals surface area (Å²) in [5, 5.41) is 0. The lowest BCUT2D eigenvalue weighted by Crippen LogP contribution is -2.35. The van der Waals surface area contributed by atoms with Gasteiger partial charge in [-0.1, -0.05) is 13.5 Å². The predicted molar refractivity (Wildman–Crippen MR) is 57.9 cm³/mol. The molecule has 0 aromatic heterocycles.